The maximum Gasteiger partial charge on any atom is 0.331 e. The summed E-state index contributed by atoms with van der Waals surface area (Å²) in [4.78, 5) is 25.0. The molecule has 6 heteroatoms. The Morgan fingerprint density at radius 3 is 2.90 bits per heavy atom. The van der Waals surface area contributed by atoms with Crippen LogP contribution >= 0.6 is 11.8 Å². The Morgan fingerprint density at radius 1 is 1.45 bits per heavy atom. The van der Waals surface area contributed by atoms with Gasteiger partial charge in [0.05, 0.1) is 17.6 Å². The lowest BCUT2D eigenvalue weighted by Gasteiger charge is -2.34. The number of carbonyl (C=O) groups excluding carboxylic acids is 1. The molecule has 1 heterocycles. The van der Waals surface area contributed by atoms with Crippen LogP contribution in [-0.2, 0) is 16.0 Å². The number of rotatable bonds is 4. The Bertz CT molecular complexity index is 568. The second-order valence-corrected chi connectivity index (χ2v) is 5.41. The minimum Gasteiger partial charge on any atom is -0.479 e. The molecule has 1 aliphatic rings. The lowest BCUT2D eigenvalue weighted by molar-refractivity contribution is -0.150. The van der Waals surface area contributed by atoms with Gasteiger partial charge >= 0.3 is 5.97 Å². The van der Waals surface area contributed by atoms with E-state index in [1.165, 1.54) is 16.7 Å². The van der Waals surface area contributed by atoms with Gasteiger partial charge in [-0.25, -0.2) is 4.79 Å². The molecule has 1 N–H and O–H groups in total. The molecule has 0 spiro atoms. The molecule has 1 aliphatic heterocycles. The molecule has 0 radical (unpaired) electrons. The van der Waals surface area contributed by atoms with Gasteiger partial charge in [0.1, 0.15) is 0 Å². The average molecular weight is 290 g/mol. The lowest BCUT2D eigenvalue weighted by atomic mass is 9.92. The highest BCUT2D eigenvalue weighted by atomic mass is 32.2. The van der Waals surface area contributed by atoms with Gasteiger partial charge in [-0.1, -0.05) is 24.3 Å². The van der Waals surface area contributed by atoms with E-state index in [1.807, 2.05) is 18.2 Å². The number of amides is 1. The van der Waals surface area contributed by atoms with Crippen LogP contribution in [0.5, 0.6) is 0 Å². The monoisotopic (exact) mass is 290 g/mol. The second-order valence-electron chi connectivity index (χ2n) is 4.43. The van der Waals surface area contributed by atoms with Crippen molar-refractivity contribution in [1.29, 1.82) is 5.26 Å². The molecule has 1 amide bonds. The Hall–Kier alpha value is -2.00. The Labute approximate surface area is 121 Å². The van der Waals surface area contributed by atoms with E-state index in [4.69, 9.17) is 5.26 Å². The van der Waals surface area contributed by atoms with Crippen molar-refractivity contribution >= 4 is 23.6 Å². The number of benzene rings is 1. The molecule has 1 atom stereocenters. The second kappa shape index (κ2) is 6.44. The van der Waals surface area contributed by atoms with Gasteiger partial charge in [-0.15, -0.1) is 11.8 Å². The van der Waals surface area contributed by atoms with Crippen LogP contribution in [0.25, 0.3) is 0 Å². The molecule has 1 unspecified atom stereocenters. The fraction of sp³-hybridized carbons (Fsp3) is 0.357. The number of carboxylic acid groups (broad SMARTS) is 1. The van der Waals surface area contributed by atoms with Crippen molar-refractivity contribution in [2.45, 2.75) is 12.5 Å². The summed E-state index contributed by atoms with van der Waals surface area (Å²) in [7, 11) is 0. The summed E-state index contributed by atoms with van der Waals surface area (Å²) in [5, 5.41) is 17.9. The summed E-state index contributed by atoms with van der Waals surface area (Å²) in [6, 6.07) is 8.35. The Balaban J connectivity index is 2.21. The highest BCUT2D eigenvalue weighted by Crippen LogP contribution is 2.30. The fourth-order valence-corrected chi connectivity index (χ4v) is 2.90. The third kappa shape index (κ3) is 2.94. The van der Waals surface area contributed by atoms with Crippen molar-refractivity contribution < 1.29 is 14.7 Å². The number of carbonyl (C=O) groups is 2. The van der Waals surface area contributed by atoms with Crippen molar-refractivity contribution in [2.75, 3.05) is 18.1 Å². The van der Waals surface area contributed by atoms with E-state index in [0.717, 1.165) is 5.56 Å². The highest BCUT2D eigenvalue weighted by molar-refractivity contribution is 8.00. The van der Waals surface area contributed by atoms with Crippen LogP contribution < -0.4 is 0 Å². The summed E-state index contributed by atoms with van der Waals surface area (Å²) >= 11 is 1.20. The van der Waals surface area contributed by atoms with Crippen molar-refractivity contribution in [2.24, 2.45) is 0 Å². The maximum absolute atomic E-state index is 12.1. The van der Waals surface area contributed by atoms with Crippen LogP contribution in [0.15, 0.2) is 24.3 Å². The normalized spacial score (nSPS) is 17.1. The third-order valence-corrected chi connectivity index (χ3v) is 4.01. The molecule has 0 aliphatic carbocycles. The molecule has 20 heavy (non-hydrogen) atoms. The van der Waals surface area contributed by atoms with E-state index in [1.54, 1.807) is 12.1 Å². The van der Waals surface area contributed by atoms with E-state index in [-0.39, 0.29) is 17.4 Å². The molecule has 1 aromatic carbocycles. The topological polar surface area (TPSA) is 81.4 Å². The summed E-state index contributed by atoms with van der Waals surface area (Å²) in [6.45, 7) is 0.403. The third-order valence-electron chi connectivity index (χ3n) is 3.23. The molecule has 5 nitrogen and oxygen atoms in total. The molecule has 104 valence electrons. The first-order chi connectivity index (χ1) is 9.65. The first-order valence-corrected chi connectivity index (χ1v) is 7.35. The molecule has 0 fully saturated rings. The quantitative estimate of drug-likeness (QED) is 0.849. The number of nitrogens with zero attached hydrogens (tertiary/aromatic N) is 2. The van der Waals surface area contributed by atoms with Gasteiger partial charge in [-0.05, 0) is 17.5 Å². The molecule has 2 rings (SSSR count). The molecular formula is C14H14N2O3S. The molecule has 0 saturated carbocycles. The Morgan fingerprint density at radius 2 is 2.20 bits per heavy atom. The van der Waals surface area contributed by atoms with Crippen molar-refractivity contribution in [1.82, 2.24) is 4.90 Å². The highest BCUT2D eigenvalue weighted by Gasteiger charge is 2.35. The summed E-state index contributed by atoms with van der Waals surface area (Å²) in [5.74, 6) is -0.879. The van der Waals surface area contributed by atoms with Gasteiger partial charge in [0, 0.05) is 6.54 Å². The SMILES string of the molecule is N#CCSCC(=O)N1CCc2ccccc2C1C(=O)O. The zero-order valence-corrected chi connectivity index (χ0v) is 11.6. The predicted octanol–water partition coefficient (Wildman–Crippen LogP) is 1.45. The van der Waals surface area contributed by atoms with Crippen LogP contribution in [0.4, 0.5) is 0 Å². The van der Waals surface area contributed by atoms with Crippen molar-refractivity contribution in [3.8, 4) is 6.07 Å². The number of hydrogen-bond donors (Lipinski definition) is 1. The van der Waals surface area contributed by atoms with E-state index >= 15 is 0 Å². The first kappa shape index (κ1) is 14.4. The lowest BCUT2D eigenvalue weighted by Crippen LogP contribution is -2.44. The Kier molecular flexibility index (Phi) is 4.64. The molecule has 1 aromatic rings. The number of nitriles is 1. The molecular weight excluding hydrogens is 276 g/mol. The predicted molar refractivity (Wildman–Crippen MR) is 75.2 cm³/mol. The van der Waals surface area contributed by atoms with Gasteiger partial charge < -0.3 is 10.0 Å². The van der Waals surface area contributed by atoms with Crippen molar-refractivity contribution in [3.05, 3.63) is 35.4 Å². The maximum atomic E-state index is 12.1. The van der Waals surface area contributed by atoms with Gasteiger partial charge in [0.15, 0.2) is 6.04 Å². The summed E-state index contributed by atoms with van der Waals surface area (Å²) in [5.41, 5.74) is 1.67. The van der Waals surface area contributed by atoms with E-state index in [0.29, 0.717) is 18.5 Å². The zero-order chi connectivity index (χ0) is 14.5. The van der Waals surface area contributed by atoms with Crippen LogP contribution in [0, 0.1) is 11.3 Å². The minimum absolute atomic E-state index is 0.138. The average Bonchev–Trinajstić information content (AvgIpc) is 2.45. The van der Waals surface area contributed by atoms with Gasteiger partial charge in [0.25, 0.3) is 0 Å². The number of aliphatic carboxylic acids is 1. The van der Waals surface area contributed by atoms with E-state index in [2.05, 4.69) is 0 Å². The van der Waals surface area contributed by atoms with Crippen LogP contribution in [0.2, 0.25) is 0 Å². The number of carboxylic acids is 1. The number of thioether (sulfide) groups is 1. The number of fused-ring (bicyclic) bond motifs is 1. The van der Waals surface area contributed by atoms with Crippen LogP contribution in [0.1, 0.15) is 17.2 Å². The first-order valence-electron chi connectivity index (χ1n) is 6.20. The van der Waals surface area contributed by atoms with E-state index in [9.17, 15) is 14.7 Å². The summed E-state index contributed by atoms with van der Waals surface area (Å²) < 4.78 is 0. The minimum atomic E-state index is -1.02. The smallest absolute Gasteiger partial charge is 0.331 e. The van der Waals surface area contributed by atoms with Gasteiger partial charge in [0.2, 0.25) is 5.91 Å². The molecule has 0 saturated heterocycles. The number of hydrogen-bond acceptors (Lipinski definition) is 4. The largest absolute Gasteiger partial charge is 0.479 e. The van der Waals surface area contributed by atoms with Crippen LogP contribution in [0.3, 0.4) is 0 Å². The van der Waals surface area contributed by atoms with Gasteiger partial charge in [-0.2, -0.15) is 5.26 Å². The molecule has 0 aromatic heterocycles. The molecule has 0 bridgehead atoms. The van der Waals surface area contributed by atoms with Crippen molar-refractivity contribution in [3.63, 3.8) is 0 Å². The van der Waals surface area contributed by atoms with Crippen LogP contribution in [-0.4, -0.2) is 39.9 Å². The fourth-order valence-electron chi connectivity index (χ4n) is 2.37. The van der Waals surface area contributed by atoms with E-state index < -0.39 is 12.0 Å². The summed E-state index contributed by atoms with van der Waals surface area (Å²) in [6.07, 6.45) is 0.661. The standard InChI is InChI=1S/C14H14N2O3S/c15-6-8-20-9-12(17)16-7-5-10-3-1-2-4-11(10)13(16)14(18)19/h1-4,13H,5,7-9H2,(H,18,19). The van der Waals surface area contributed by atoms with Gasteiger partial charge in [-0.3, -0.25) is 4.79 Å². The zero-order valence-electron chi connectivity index (χ0n) is 10.8.